The Morgan fingerprint density at radius 1 is 1.21 bits per heavy atom. The van der Waals surface area contributed by atoms with Crippen LogP contribution in [0.4, 0.5) is 11.4 Å². The molecule has 5 heteroatoms. The van der Waals surface area contributed by atoms with Crippen LogP contribution >= 0.6 is 11.8 Å². The van der Waals surface area contributed by atoms with E-state index in [0.717, 1.165) is 17.7 Å². The third kappa shape index (κ3) is 3.97. The largest absolute Gasteiger partial charge is 0.369 e. The molecule has 29 heavy (non-hydrogen) atoms. The van der Waals surface area contributed by atoms with Gasteiger partial charge in [0.25, 0.3) is 5.91 Å². The third-order valence-electron chi connectivity index (χ3n) is 5.87. The predicted molar refractivity (Wildman–Crippen MR) is 124 cm³/mol. The van der Waals surface area contributed by atoms with E-state index in [-0.39, 0.29) is 11.4 Å². The summed E-state index contributed by atoms with van der Waals surface area (Å²) < 4.78 is 0. The summed E-state index contributed by atoms with van der Waals surface area (Å²) in [7, 11) is 2.16. The molecule has 0 aromatic heterocycles. The Morgan fingerprint density at radius 3 is 2.66 bits per heavy atom. The van der Waals surface area contributed by atoms with E-state index < -0.39 is 0 Å². The molecule has 1 fully saturated rings. The number of carbonyl (C=O) groups excluding carboxylic acids is 1. The molecule has 0 spiro atoms. The molecule has 0 aliphatic carbocycles. The van der Waals surface area contributed by atoms with Crippen LogP contribution in [0.3, 0.4) is 0 Å². The van der Waals surface area contributed by atoms with E-state index >= 15 is 0 Å². The number of hydrogen-bond donors (Lipinski definition) is 1. The van der Waals surface area contributed by atoms with Gasteiger partial charge >= 0.3 is 0 Å². The van der Waals surface area contributed by atoms with E-state index in [0.29, 0.717) is 16.0 Å². The predicted octanol–water partition coefficient (Wildman–Crippen LogP) is 5.61. The van der Waals surface area contributed by atoms with Crippen molar-refractivity contribution in [3.05, 3.63) is 64.1 Å². The van der Waals surface area contributed by atoms with Crippen molar-refractivity contribution in [1.29, 1.82) is 0 Å². The average Bonchev–Trinajstić information content (AvgIpc) is 3.00. The van der Waals surface area contributed by atoms with Gasteiger partial charge in [-0.15, -0.1) is 0 Å². The topological polar surface area (TPSA) is 44.7 Å². The molecule has 0 saturated carbocycles. The molecule has 2 aromatic carbocycles. The Balaban J connectivity index is 1.59. The maximum absolute atomic E-state index is 12.4. The SMILES string of the molecule is Cc1ccc(N=C2NC(=O)/C(=C\c3ccc4c(c3)C(C)CC(C)(C)N4C)S2)cc1. The smallest absolute Gasteiger partial charge is 0.264 e. The lowest BCUT2D eigenvalue weighted by Gasteiger charge is -2.45. The van der Waals surface area contributed by atoms with Crippen LogP contribution in [0.15, 0.2) is 52.4 Å². The Hall–Kier alpha value is -2.53. The van der Waals surface area contributed by atoms with Crippen molar-refractivity contribution in [2.24, 2.45) is 4.99 Å². The van der Waals surface area contributed by atoms with Gasteiger partial charge in [0.15, 0.2) is 5.17 Å². The van der Waals surface area contributed by atoms with Gasteiger partial charge in [-0.05, 0) is 86.3 Å². The van der Waals surface area contributed by atoms with Crippen molar-refractivity contribution in [2.45, 2.75) is 45.6 Å². The zero-order valence-corrected chi connectivity index (χ0v) is 18.4. The Kier molecular flexibility index (Phi) is 5.03. The van der Waals surface area contributed by atoms with E-state index in [1.807, 2.05) is 37.3 Å². The summed E-state index contributed by atoms with van der Waals surface area (Å²) in [5, 5.41) is 3.50. The highest BCUT2D eigenvalue weighted by Gasteiger charge is 2.34. The van der Waals surface area contributed by atoms with Gasteiger partial charge in [0, 0.05) is 18.3 Å². The number of nitrogens with one attached hydrogen (secondary N) is 1. The van der Waals surface area contributed by atoms with Crippen LogP contribution in [0, 0.1) is 6.92 Å². The van der Waals surface area contributed by atoms with Crippen LogP contribution in [0.5, 0.6) is 0 Å². The van der Waals surface area contributed by atoms with E-state index in [4.69, 9.17) is 0 Å². The Labute approximate surface area is 177 Å². The van der Waals surface area contributed by atoms with Gasteiger partial charge < -0.3 is 10.2 Å². The second-order valence-corrected chi connectivity index (χ2v) is 9.64. The lowest BCUT2D eigenvalue weighted by molar-refractivity contribution is -0.115. The minimum Gasteiger partial charge on any atom is -0.369 e. The summed E-state index contributed by atoms with van der Waals surface area (Å²) in [5.74, 6) is 0.392. The maximum Gasteiger partial charge on any atom is 0.264 e. The molecule has 1 saturated heterocycles. The van der Waals surface area contributed by atoms with Crippen molar-refractivity contribution in [1.82, 2.24) is 5.32 Å². The highest BCUT2D eigenvalue weighted by atomic mass is 32.2. The molecular formula is C24H27N3OS. The Morgan fingerprint density at radius 2 is 1.93 bits per heavy atom. The van der Waals surface area contributed by atoms with Crippen LogP contribution < -0.4 is 10.2 Å². The van der Waals surface area contributed by atoms with Gasteiger partial charge in [0.2, 0.25) is 0 Å². The molecule has 2 heterocycles. The number of fused-ring (bicyclic) bond motifs is 1. The number of amidine groups is 1. The minimum atomic E-state index is -0.0927. The standard InChI is InChI=1S/C24H27N3OS/c1-15-6-9-18(10-7-15)25-23-26-22(28)21(29-23)13-17-8-11-20-19(12-17)16(2)14-24(3,4)27(20)5/h6-13,16H,14H2,1-5H3,(H,25,26,28)/b21-13+. The molecular weight excluding hydrogens is 378 g/mol. The molecule has 2 aliphatic rings. The maximum atomic E-state index is 12.4. The second kappa shape index (κ2) is 7.38. The first-order chi connectivity index (χ1) is 13.7. The molecule has 1 unspecified atom stereocenters. The summed E-state index contributed by atoms with van der Waals surface area (Å²) in [4.78, 5) is 20.0. The number of nitrogens with zero attached hydrogens (tertiary/aromatic N) is 2. The first-order valence-corrected chi connectivity index (χ1v) is 10.8. The number of anilines is 1. The normalized spacial score (nSPS) is 23.4. The average molecular weight is 406 g/mol. The van der Waals surface area contributed by atoms with Gasteiger partial charge in [-0.2, -0.15) is 0 Å². The van der Waals surface area contributed by atoms with Gasteiger partial charge in [-0.3, -0.25) is 4.79 Å². The Bertz CT molecular complexity index is 1020. The second-order valence-electron chi connectivity index (χ2n) is 8.61. The van der Waals surface area contributed by atoms with Gasteiger partial charge in [0.1, 0.15) is 0 Å². The number of aryl methyl sites for hydroxylation is 1. The number of hydrogen-bond acceptors (Lipinski definition) is 4. The first kappa shape index (κ1) is 19.8. The molecule has 150 valence electrons. The van der Waals surface area contributed by atoms with Crippen molar-refractivity contribution >= 4 is 40.3 Å². The third-order valence-corrected chi connectivity index (χ3v) is 6.78. The first-order valence-electron chi connectivity index (χ1n) is 9.97. The van der Waals surface area contributed by atoms with Gasteiger partial charge in [-0.1, -0.05) is 30.7 Å². The quantitative estimate of drug-likeness (QED) is 0.661. The molecule has 4 rings (SSSR count). The fourth-order valence-electron chi connectivity index (χ4n) is 4.05. The summed E-state index contributed by atoms with van der Waals surface area (Å²) in [5.41, 5.74) is 5.85. The van der Waals surface area contributed by atoms with E-state index in [2.05, 4.69) is 61.2 Å². The highest BCUT2D eigenvalue weighted by molar-refractivity contribution is 8.18. The molecule has 0 bridgehead atoms. The lowest BCUT2D eigenvalue weighted by Crippen LogP contribution is -2.45. The van der Waals surface area contributed by atoms with Crippen LogP contribution in [-0.2, 0) is 4.79 Å². The van der Waals surface area contributed by atoms with Crippen LogP contribution in [0.2, 0.25) is 0 Å². The minimum absolute atomic E-state index is 0.0927. The van der Waals surface area contributed by atoms with Gasteiger partial charge in [-0.25, -0.2) is 4.99 Å². The molecule has 1 amide bonds. The molecule has 0 radical (unpaired) electrons. The van der Waals surface area contributed by atoms with Crippen LogP contribution in [0.1, 0.15) is 49.8 Å². The van der Waals surface area contributed by atoms with Crippen molar-refractivity contribution in [3.8, 4) is 0 Å². The number of amides is 1. The molecule has 2 aromatic rings. The fourth-order valence-corrected chi connectivity index (χ4v) is 4.90. The fraction of sp³-hybridized carbons (Fsp3) is 0.333. The number of carbonyl (C=O) groups is 1. The zero-order valence-electron chi connectivity index (χ0n) is 17.6. The number of aliphatic imine (C=N–C) groups is 1. The molecule has 1 N–H and O–H groups in total. The van der Waals surface area contributed by atoms with Crippen LogP contribution in [-0.4, -0.2) is 23.7 Å². The molecule has 4 nitrogen and oxygen atoms in total. The summed E-state index contributed by atoms with van der Waals surface area (Å²) in [6.07, 6.45) is 3.07. The number of rotatable bonds is 2. The van der Waals surface area contributed by atoms with Crippen molar-refractivity contribution in [3.63, 3.8) is 0 Å². The summed E-state index contributed by atoms with van der Waals surface area (Å²) in [6, 6.07) is 14.5. The van der Waals surface area contributed by atoms with Gasteiger partial charge in [0.05, 0.1) is 10.6 Å². The number of benzene rings is 2. The monoisotopic (exact) mass is 405 g/mol. The summed E-state index contributed by atoms with van der Waals surface area (Å²) >= 11 is 1.39. The lowest BCUT2D eigenvalue weighted by atomic mass is 9.80. The molecule has 1 atom stereocenters. The van der Waals surface area contributed by atoms with E-state index in [9.17, 15) is 4.79 Å². The van der Waals surface area contributed by atoms with Crippen molar-refractivity contribution < 1.29 is 4.79 Å². The zero-order chi connectivity index (χ0) is 20.8. The van der Waals surface area contributed by atoms with Crippen molar-refractivity contribution in [2.75, 3.05) is 11.9 Å². The highest BCUT2D eigenvalue weighted by Crippen LogP contribution is 2.43. The molecule has 2 aliphatic heterocycles. The summed E-state index contributed by atoms with van der Waals surface area (Å²) in [6.45, 7) is 8.91. The van der Waals surface area contributed by atoms with Crippen LogP contribution in [0.25, 0.3) is 6.08 Å². The number of thioether (sulfide) groups is 1. The van der Waals surface area contributed by atoms with E-state index in [1.165, 1.54) is 28.6 Å². The van der Waals surface area contributed by atoms with E-state index in [1.54, 1.807) is 0 Å².